The maximum absolute atomic E-state index is 13.7. The minimum absolute atomic E-state index is 0.148. The molecule has 2 aliphatic rings. The lowest BCUT2D eigenvalue weighted by Crippen LogP contribution is -2.37. The zero-order valence-electron chi connectivity index (χ0n) is 19.0. The third kappa shape index (κ3) is 3.34. The van der Waals surface area contributed by atoms with E-state index in [1.807, 2.05) is 49.4 Å². The number of ether oxygens (including phenoxy) is 2. The Kier molecular flexibility index (Phi) is 5.37. The van der Waals surface area contributed by atoms with Crippen LogP contribution >= 0.6 is 0 Å². The van der Waals surface area contributed by atoms with Crippen molar-refractivity contribution in [3.63, 3.8) is 0 Å². The van der Waals surface area contributed by atoms with Crippen molar-refractivity contribution < 1.29 is 29.0 Å². The van der Waals surface area contributed by atoms with Crippen LogP contribution in [0.2, 0.25) is 0 Å². The van der Waals surface area contributed by atoms with E-state index in [2.05, 4.69) is 0 Å². The molecule has 2 amide bonds. The van der Waals surface area contributed by atoms with Crippen molar-refractivity contribution in [3.8, 4) is 17.2 Å². The Hall–Kier alpha value is -4.04. The van der Waals surface area contributed by atoms with Crippen LogP contribution in [-0.4, -0.2) is 37.2 Å². The highest BCUT2D eigenvalue weighted by Gasteiger charge is 2.60. The van der Waals surface area contributed by atoms with Crippen molar-refractivity contribution in [1.29, 1.82) is 0 Å². The van der Waals surface area contributed by atoms with Crippen LogP contribution < -0.4 is 19.4 Å². The zero-order valence-corrected chi connectivity index (χ0v) is 19.0. The quantitative estimate of drug-likeness (QED) is 0.580. The number of phenolic OH excluding ortho intramolecular Hbond substituents is 1. The second-order valence-electron chi connectivity index (χ2n) is 8.28. The van der Waals surface area contributed by atoms with Gasteiger partial charge in [0.2, 0.25) is 11.7 Å². The first-order chi connectivity index (χ1) is 16.4. The molecule has 3 unspecified atom stereocenters. The van der Waals surface area contributed by atoms with Gasteiger partial charge in [0, 0.05) is 0 Å². The third-order valence-electron chi connectivity index (χ3n) is 6.26. The molecule has 0 aromatic heterocycles. The van der Waals surface area contributed by atoms with Crippen molar-refractivity contribution in [3.05, 3.63) is 77.9 Å². The van der Waals surface area contributed by atoms with Gasteiger partial charge in [0.15, 0.2) is 17.6 Å². The lowest BCUT2D eigenvalue weighted by molar-refractivity contribution is -0.126. The number of imide groups is 1. The number of carbonyl (C=O) groups excluding carboxylic acids is 2. The summed E-state index contributed by atoms with van der Waals surface area (Å²) >= 11 is 0. The molecule has 8 heteroatoms. The maximum atomic E-state index is 13.7. The molecule has 3 aromatic rings. The Balaban J connectivity index is 1.63. The van der Waals surface area contributed by atoms with E-state index < -0.39 is 24.0 Å². The average Bonchev–Trinajstić information content (AvgIpc) is 3.36. The summed E-state index contributed by atoms with van der Waals surface area (Å²) in [5.41, 5.74) is 2.82. The zero-order chi connectivity index (χ0) is 24.0. The smallest absolute Gasteiger partial charge is 0.266 e. The number of hydroxylamine groups is 1. The van der Waals surface area contributed by atoms with Crippen LogP contribution in [0.25, 0.3) is 0 Å². The number of aromatic hydroxyl groups is 1. The van der Waals surface area contributed by atoms with E-state index in [0.29, 0.717) is 16.9 Å². The molecule has 174 valence electrons. The molecule has 3 aromatic carbocycles. The van der Waals surface area contributed by atoms with E-state index in [0.717, 1.165) is 5.56 Å². The number of aryl methyl sites for hydroxylation is 1. The number of hydrogen-bond acceptors (Lipinski definition) is 7. The van der Waals surface area contributed by atoms with E-state index in [1.54, 1.807) is 29.3 Å². The minimum Gasteiger partial charge on any atom is -0.502 e. The highest BCUT2D eigenvalue weighted by atomic mass is 16.7. The van der Waals surface area contributed by atoms with Gasteiger partial charge in [-0.05, 0) is 48.9 Å². The van der Waals surface area contributed by atoms with Crippen LogP contribution in [-0.2, 0) is 14.4 Å². The van der Waals surface area contributed by atoms with Crippen molar-refractivity contribution in [2.45, 2.75) is 19.1 Å². The van der Waals surface area contributed by atoms with E-state index in [1.165, 1.54) is 19.1 Å². The Bertz CT molecular complexity index is 1220. The van der Waals surface area contributed by atoms with Crippen LogP contribution in [0, 0.1) is 12.8 Å². The monoisotopic (exact) mass is 460 g/mol. The summed E-state index contributed by atoms with van der Waals surface area (Å²) in [6.07, 6.45) is -0.996. The molecule has 0 aliphatic carbocycles. The molecule has 0 saturated carbocycles. The normalized spacial score (nSPS) is 21.7. The Morgan fingerprint density at radius 1 is 0.853 bits per heavy atom. The Labute approximate surface area is 196 Å². The Morgan fingerprint density at radius 2 is 1.47 bits per heavy atom. The third-order valence-corrected chi connectivity index (χ3v) is 6.26. The number of hydrogen-bond donors (Lipinski definition) is 1. The highest BCUT2D eigenvalue weighted by molar-refractivity contribution is 6.23. The minimum atomic E-state index is -0.996. The maximum Gasteiger partial charge on any atom is 0.266 e. The lowest BCUT2D eigenvalue weighted by atomic mass is 9.90. The number of para-hydroxylation sites is 1. The molecule has 1 N–H and O–H groups in total. The van der Waals surface area contributed by atoms with E-state index in [9.17, 15) is 14.7 Å². The van der Waals surface area contributed by atoms with Gasteiger partial charge in [-0.25, -0.2) is 9.96 Å². The fraction of sp³-hybridized carbons (Fsp3) is 0.231. The molecule has 2 fully saturated rings. The predicted molar refractivity (Wildman–Crippen MR) is 125 cm³/mol. The van der Waals surface area contributed by atoms with E-state index in [-0.39, 0.29) is 23.2 Å². The first-order valence-corrected chi connectivity index (χ1v) is 10.8. The lowest BCUT2D eigenvalue weighted by Gasteiger charge is -2.29. The summed E-state index contributed by atoms with van der Waals surface area (Å²) in [5, 5.41) is 12.0. The molecule has 5 rings (SSSR count). The van der Waals surface area contributed by atoms with Gasteiger partial charge in [-0.3, -0.25) is 14.4 Å². The van der Waals surface area contributed by atoms with Crippen LogP contribution in [0.4, 0.5) is 11.4 Å². The molecule has 34 heavy (non-hydrogen) atoms. The largest absolute Gasteiger partial charge is 0.502 e. The van der Waals surface area contributed by atoms with Crippen LogP contribution in [0.3, 0.4) is 0 Å². The van der Waals surface area contributed by atoms with Crippen LogP contribution in [0.1, 0.15) is 17.2 Å². The number of anilines is 2. The SMILES string of the molecule is COc1cc(C2C3C(=O)N(c4ccc(C)cc4)C(=O)C3ON2c2ccccc2)cc(OC)c1O. The number of methoxy groups -OCH3 is 2. The summed E-state index contributed by atoms with van der Waals surface area (Å²) in [5.74, 6) is -1.34. The number of rotatable bonds is 5. The summed E-state index contributed by atoms with van der Waals surface area (Å²) < 4.78 is 10.7. The molecule has 0 spiro atoms. The Morgan fingerprint density at radius 3 is 2.06 bits per heavy atom. The van der Waals surface area contributed by atoms with Crippen molar-refractivity contribution in [2.24, 2.45) is 5.92 Å². The van der Waals surface area contributed by atoms with Gasteiger partial charge in [0.1, 0.15) is 5.92 Å². The van der Waals surface area contributed by atoms with Gasteiger partial charge < -0.3 is 14.6 Å². The highest BCUT2D eigenvalue weighted by Crippen LogP contribution is 2.50. The van der Waals surface area contributed by atoms with Crippen molar-refractivity contribution >= 4 is 23.2 Å². The van der Waals surface area contributed by atoms with Gasteiger partial charge in [0.05, 0.1) is 31.6 Å². The number of carbonyl (C=O) groups is 2. The molecule has 3 atom stereocenters. The van der Waals surface area contributed by atoms with E-state index in [4.69, 9.17) is 14.3 Å². The molecule has 8 nitrogen and oxygen atoms in total. The fourth-order valence-corrected chi connectivity index (χ4v) is 4.59. The summed E-state index contributed by atoms with van der Waals surface area (Å²) in [7, 11) is 2.87. The van der Waals surface area contributed by atoms with Gasteiger partial charge in [0.25, 0.3) is 5.91 Å². The van der Waals surface area contributed by atoms with Gasteiger partial charge in [-0.2, -0.15) is 0 Å². The number of benzene rings is 3. The van der Waals surface area contributed by atoms with Gasteiger partial charge in [-0.15, -0.1) is 0 Å². The van der Waals surface area contributed by atoms with E-state index >= 15 is 0 Å². The first-order valence-electron chi connectivity index (χ1n) is 10.8. The van der Waals surface area contributed by atoms with Gasteiger partial charge in [-0.1, -0.05) is 35.9 Å². The second kappa shape index (κ2) is 8.39. The number of fused-ring (bicyclic) bond motifs is 1. The number of amides is 2. The first kappa shape index (κ1) is 21.8. The van der Waals surface area contributed by atoms with Crippen molar-refractivity contribution in [1.82, 2.24) is 0 Å². The molecular formula is C26H24N2O6. The number of phenols is 1. The summed E-state index contributed by atoms with van der Waals surface area (Å²) in [6, 6.07) is 19.1. The average molecular weight is 460 g/mol. The fourth-order valence-electron chi connectivity index (χ4n) is 4.59. The topological polar surface area (TPSA) is 88.5 Å². The standard InChI is InChI=1S/C26H24N2O6/c1-15-9-11-17(12-10-15)27-25(30)21-22(16-13-19(32-2)23(29)20(14-16)33-3)28(34-24(21)26(27)31)18-7-5-4-6-8-18/h4-14,21-22,24,29H,1-3H3. The summed E-state index contributed by atoms with van der Waals surface area (Å²) in [6.45, 7) is 1.94. The molecule has 0 radical (unpaired) electrons. The van der Waals surface area contributed by atoms with Crippen molar-refractivity contribution in [2.75, 3.05) is 24.2 Å². The molecular weight excluding hydrogens is 436 g/mol. The summed E-state index contributed by atoms with van der Waals surface area (Å²) in [4.78, 5) is 34.5. The predicted octanol–water partition coefficient (Wildman–Crippen LogP) is 3.77. The molecule has 2 aliphatic heterocycles. The number of nitrogens with zero attached hydrogens (tertiary/aromatic N) is 2. The molecule has 0 bridgehead atoms. The molecule has 2 saturated heterocycles. The van der Waals surface area contributed by atoms with Crippen LogP contribution in [0.5, 0.6) is 17.2 Å². The van der Waals surface area contributed by atoms with Gasteiger partial charge >= 0.3 is 0 Å². The molecule has 2 heterocycles. The second-order valence-corrected chi connectivity index (χ2v) is 8.28. The van der Waals surface area contributed by atoms with Crippen LogP contribution in [0.15, 0.2) is 66.7 Å².